The van der Waals surface area contributed by atoms with Crippen molar-refractivity contribution in [1.29, 1.82) is 0 Å². The van der Waals surface area contributed by atoms with Gasteiger partial charge < -0.3 is 15.3 Å². The van der Waals surface area contributed by atoms with E-state index in [1.54, 1.807) is 12.1 Å². The molecule has 0 saturated heterocycles. The van der Waals surface area contributed by atoms with Crippen molar-refractivity contribution >= 4 is 0 Å². The van der Waals surface area contributed by atoms with Crippen LogP contribution in [0.4, 0.5) is 0 Å². The first kappa shape index (κ1) is 18.3. The van der Waals surface area contributed by atoms with Gasteiger partial charge >= 0.3 is 0 Å². The van der Waals surface area contributed by atoms with E-state index >= 15 is 0 Å². The number of nitrogens with zero attached hydrogens (tertiary/aromatic N) is 1. The number of aryl methyl sites for hydroxylation is 4. The molecule has 0 spiro atoms. The van der Waals surface area contributed by atoms with Gasteiger partial charge in [-0.1, -0.05) is 12.1 Å². The first-order valence-electron chi connectivity index (χ1n) is 8.23. The molecule has 4 heteroatoms. The van der Waals surface area contributed by atoms with E-state index in [1.165, 1.54) is 0 Å². The minimum absolute atomic E-state index is 0.0250. The predicted octanol–water partition coefficient (Wildman–Crippen LogP) is 3.33. The predicted molar refractivity (Wildman–Crippen MR) is 96.4 cm³/mol. The maximum absolute atomic E-state index is 10.2. The van der Waals surface area contributed by atoms with Gasteiger partial charge in [-0.25, -0.2) is 0 Å². The summed E-state index contributed by atoms with van der Waals surface area (Å²) in [4.78, 5) is 2.02. The van der Waals surface area contributed by atoms with E-state index < -0.39 is 0 Å². The van der Waals surface area contributed by atoms with Crippen LogP contribution in [0.5, 0.6) is 11.5 Å². The standard InChI is InChI=1S/C20H27NO3/c1-13-7-17(19(23)9-15(13)3)11-21(5-6-22)12-18-8-14(2)16(4)10-20(18)24/h7-10,22-24H,5-6,11-12H2,1-4H3. The Morgan fingerprint density at radius 1 is 0.708 bits per heavy atom. The van der Waals surface area contributed by atoms with Crippen molar-refractivity contribution in [2.24, 2.45) is 0 Å². The largest absolute Gasteiger partial charge is 0.508 e. The summed E-state index contributed by atoms with van der Waals surface area (Å²) in [6.07, 6.45) is 0. The Hall–Kier alpha value is -2.04. The summed E-state index contributed by atoms with van der Waals surface area (Å²) in [5.41, 5.74) is 6.01. The van der Waals surface area contributed by atoms with Gasteiger partial charge in [-0.15, -0.1) is 0 Å². The van der Waals surface area contributed by atoms with Crippen LogP contribution in [0.25, 0.3) is 0 Å². The molecule has 0 bridgehead atoms. The minimum Gasteiger partial charge on any atom is -0.508 e. The van der Waals surface area contributed by atoms with Gasteiger partial charge in [0.25, 0.3) is 0 Å². The Kier molecular flexibility index (Phi) is 5.86. The average molecular weight is 329 g/mol. The molecule has 0 aliphatic heterocycles. The van der Waals surface area contributed by atoms with E-state index in [4.69, 9.17) is 0 Å². The van der Waals surface area contributed by atoms with Crippen molar-refractivity contribution in [1.82, 2.24) is 4.90 Å². The number of aromatic hydroxyl groups is 2. The zero-order valence-electron chi connectivity index (χ0n) is 14.9. The number of rotatable bonds is 6. The van der Waals surface area contributed by atoms with Gasteiger partial charge in [-0.05, 0) is 62.1 Å². The Morgan fingerprint density at radius 2 is 1.08 bits per heavy atom. The first-order chi connectivity index (χ1) is 11.3. The average Bonchev–Trinajstić information content (AvgIpc) is 2.50. The van der Waals surface area contributed by atoms with Crippen LogP contribution in [0.3, 0.4) is 0 Å². The molecule has 2 aromatic carbocycles. The molecule has 2 rings (SSSR count). The molecule has 2 aromatic rings. The number of benzene rings is 2. The second-order valence-electron chi connectivity index (χ2n) is 6.56. The van der Waals surface area contributed by atoms with Crippen molar-refractivity contribution < 1.29 is 15.3 Å². The highest BCUT2D eigenvalue weighted by Gasteiger charge is 2.13. The number of aliphatic hydroxyl groups is 1. The smallest absolute Gasteiger partial charge is 0.120 e. The molecule has 0 fully saturated rings. The van der Waals surface area contributed by atoms with E-state index in [0.29, 0.717) is 19.6 Å². The van der Waals surface area contributed by atoms with Crippen molar-refractivity contribution in [3.05, 3.63) is 57.6 Å². The number of hydrogen-bond donors (Lipinski definition) is 3. The molecular formula is C20H27NO3. The van der Waals surface area contributed by atoms with Gasteiger partial charge in [-0.3, -0.25) is 4.90 Å². The summed E-state index contributed by atoms with van der Waals surface area (Å²) in [6.45, 7) is 9.50. The Bertz CT molecular complexity index is 666. The second-order valence-corrected chi connectivity index (χ2v) is 6.56. The molecule has 0 unspecified atom stereocenters. The van der Waals surface area contributed by atoms with Crippen LogP contribution in [-0.4, -0.2) is 33.4 Å². The molecule has 4 nitrogen and oxygen atoms in total. The summed E-state index contributed by atoms with van der Waals surface area (Å²) in [7, 11) is 0. The fourth-order valence-electron chi connectivity index (χ4n) is 2.81. The monoisotopic (exact) mass is 329 g/mol. The summed E-state index contributed by atoms with van der Waals surface area (Å²) in [5, 5.41) is 29.8. The molecule has 0 amide bonds. The molecule has 0 aliphatic carbocycles. The van der Waals surface area contributed by atoms with E-state index in [0.717, 1.165) is 33.4 Å². The van der Waals surface area contributed by atoms with E-state index in [-0.39, 0.29) is 18.1 Å². The lowest BCUT2D eigenvalue weighted by Crippen LogP contribution is -2.26. The van der Waals surface area contributed by atoms with Gasteiger partial charge in [0.1, 0.15) is 11.5 Å². The fraction of sp³-hybridized carbons (Fsp3) is 0.400. The maximum Gasteiger partial charge on any atom is 0.120 e. The van der Waals surface area contributed by atoms with Gasteiger partial charge in [0.2, 0.25) is 0 Å². The van der Waals surface area contributed by atoms with Gasteiger partial charge in [0.15, 0.2) is 0 Å². The third kappa shape index (κ3) is 4.28. The van der Waals surface area contributed by atoms with Crippen LogP contribution in [0, 0.1) is 27.7 Å². The highest BCUT2D eigenvalue weighted by molar-refractivity contribution is 5.42. The molecular weight excluding hydrogens is 302 g/mol. The van der Waals surface area contributed by atoms with Crippen LogP contribution >= 0.6 is 0 Å². The van der Waals surface area contributed by atoms with Crippen molar-refractivity contribution in [2.75, 3.05) is 13.2 Å². The zero-order chi connectivity index (χ0) is 17.9. The Labute approximate surface area is 144 Å². The van der Waals surface area contributed by atoms with E-state index in [9.17, 15) is 15.3 Å². The lowest BCUT2D eigenvalue weighted by molar-refractivity contribution is 0.181. The third-order valence-corrected chi connectivity index (χ3v) is 4.59. The Morgan fingerprint density at radius 3 is 1.46 bits per heavy atom. The number of phenolic OH excluding ortho intramolecular Hbond substituents is 2. The highest BCUT2D eigenvalue weighted by Crippen LogP contribution is 2.26. The summed E-state index contributed by atoms with van der Waals surface area (Å²) in [6, 6.07) is 7.51. The SMILES string of the molecule is Cc1cc(O)c(CN(CCO)Cc2cc(C)c(C)cc2O)cc1C. The molecule has 0 aromatic heterocycles. The molecule has 130 valence electrons. The van der Waals surface area contributed by atoms with Crippen LogP contribution in [0.1, 0.15) is 33.4 Å². The van der Waals surface area contributed by atoms with Crippen LogP contribution in [0.15, 0.2) is 24.3 Å². The van der Waals surface area contributed by atoms with Crippen LogP contribution < -0.4 is 0 Å². The van der Waals surface area contributed by atoms with Crippen molar-refractivity contribution in [2.45, 2.75) is 40.8 Å². The molecule has 0 atom stereocenters. The van der Waals surface area contributed by atoms with Crippen molar-refractivity contribution in [3.63, 3.8) is 0 Å². The van der Waals surface area contributed by atoms with Gasteiger partial charge in [0, 0.05) is 30.8 Å². The fourth-order valence-corrected chi connectivity index (χ4v) is 2.81. The minimum atomic E-state index is 0.0250. The third-order valence-electron chi connectivity index (χ3n) is 4.59. The maximum atomic E-state index is 10.2. The number of hydrogen-bond acceptors (Lipinski definition) is 4. The molecule has 0 heterocycles. The molecule has 0 radical (unpaired) electrons. The topological polar surface area (TPSA) is 63.9 Å². The molecule has 24 heavy (non-hydrogen) atoms. The number of aliphatic hydroxyl groups excluding tert-OH is 1. The second kappa shape index (κ2) is 7.69. The highest BCUT2D eigenvalue weighted by atomic mass is 16.3. The molecule has 0 saturated carbocycles. The first-order valence-corrected chi connectivity index (χ1v) is 8.23. The van der Waals surface area contributed by atoms with Crippen LogP contribution in [0.2, 0.25) is 0 Å². The normalized spacial score (nSPS) is 11.2. The lowest BCUT2D eigenvalue weighted by Gasteiger charge is -2.23. The summed E-state index contributed by atoms with van der Waals surface area (Å²) >= 11 is 0. The van der Waals surface area contributed by atoms with Crippen LogP contribution in [-0.2, 0) is 13.1 Å². The van der Waals surface area contributed by atoms with E-state index in [1.807, 2.05) is 44.7 Å². The number of phenols is 2. The zero-order valence-corrected chi connectivity index (χ0v) is 14.9. The molecule has 0 aliphatic rings. The summed E-state index contributed by atoms with van der Waals surface area (Å²) in [5.74, 6) is 0.538. The van der Waals surface area contributed by atoms with Crippen molar-refractivity contribution in [3.8, 4) is 11.5 Å². The Balaban J connectivity index is 2.24. The van der Waals surface area contributed by atoms with Gasteiger partial charge in [0.05, 0.1) is 6.61 Å². The quantitative estimate of drug-likeness (QED) is 0.761. The molecule has 3 N–H and O–H groups in total. The lowest BCUT2D eigenvalue weighted by atomic mass is 10.0. The van der Waals surface area contributed by atoms with Gasteiger partial charge in [-0.2, -0.15) is 0 Å². The van der Waals surface area contributed by atoms with E-state index in [2.05, 4.69) is 0 Å². The summed E-state index contributed by atoms with van der Waals surface area (Å²) < 4.78 is 0.